The van der Waals surface area contributed by atoms with Crippen LogP contribution < -0.4 is 20.1 Å². The van der Waals surface area contributed by atoms with E-state index < -0.39 is 37.9 Å². The standard InChI is InChI=1S/C29H36FN5O5S/c1-18(2)15-39-21-13-19(12-20(30)14-21)23-11-10-22(26(32-23)35-16-29(5,6)40-17-28(35,3)4)27(36)34-41(37,38)25-9-7-8-24(31)33-25/h7-14,18H,15-17H2,1-6H3,(H2,31,33)(H,34,36). The van der Waals surface area contributed by atoms with E-state index >= 15 is 0 Å². The van der Waals surface area contributed by atoms with Gasteiger partial charge in [-0.3, -0.25) is 4.79 Å². The molecule has 3 aromatic rings. The molecule has 0 bridgehead atoms. The fourth-order valence-electron chi connectivity index (χ4n) is 4.31. The molecule has 0 aliphatic carbocycles. The highest BCUT2D eigenvalue weighted by atomic mass is 32.2. The van der Waals surface area contributed by atoms with Gasteiger partial charge in [-0.25, -0.2) is 19.1 Å². The van der Waals surface area contributed by atoms with E-state index in [0.717, 1.165) is 0 Å². The number of anilines is 2. The van der Waals surface area contributed by atoms with E-state index in [9.17, 15) is 17.6 Å². The molecule has 1 fully saturated rings. The molecule has 1 aliphatic heterocycles. The number of halogens is 1. The summed E-state index contributed by atoms with van der Waals surface area (Å²) in [5, 5.41) is -0.390. The molecule has 0 radical (unpaired) electrons. The maximum Gasteiger partial charge on any atom is 0.281 e. The highest BCUT2D eigenvalue weighted by Gasteiger charge is 2.41. The van der Waals surface area contributed by atoms with Crippen molar-refractivity contribution in [3.05, 3.63) is 59.9 Å². The van der Waals surface area contributed by atoms with Crippen LogP contribution in [0.1, 0.15) is 51.9 Å². The first kappa shape index (κ1) is 30.2. The number of sulfonamides is 1. The first-order chi connectivity index (χ1) is 19.1. The van der Waals surface area contributed by atoms with Gasteiger partial charge in [0.25, 0.3) is 15.9 Å². The van der Waals surface area contributed by atoms with Crippen LogP contribution in [0, 0.1) is 11.7 Å². The lowest BCUT2D eigenvalue weighted by molar-refractivity contribution is -0.0630. The van der Waals surface area contributed by atoms with Gasteiger partial charge < -0.3 is 20.1 Å². The van der Waals surface area contributed by atoms with E-state index in [1.54, 1.807) is 12.1 Å². The van der Waals surface area contributed by atoms with Gasteiger partial charge >= 0.3 is 0 Å². The number of hydrogen-bond donors (Lipinski definition) is 2. The maximum atomic E-state index is 14.6. The zero-order chi connectivity index (χ0) is 30.2. The Balaban J connectivity index is 1.80. The number of carbonyl (C=O) groups is 1. The largest absolute Gasteiger partial charge is 0.493 e. The molecule has 0 saturated carbocycles. The van der Waals surface area contributed by atoms with Crippen molar-refractivity contribution in [3.63, 3.8) is 0 Å². The van der Waals surface area contributed by atoms with E-state index in [2.05, 4.69) is 9.71 Å². The summed E-state index contributed by atoms with van der Waals surface area (Å²) in [6, 6.07) is 11.5. The van der Waals surface area contributed by atoms with Crippen molar-refractivity contribution < 1.29 is 27.1 Å². The Morgan fingerprint density at radius 3 is 2.56 bits per heavy atom. The quantitative estimate of drug-likeness (QED) is 0.394. The second kappa shape index (κ2) is 11.2. The second-order valence-electron chi connectivity index (χ2n) is 11.7. The van der Waals surface area contributed by atoms with Crippen molar-refractivity contribution in [3.8, 4) is 17.0 Å². The van der Waals surface area contributed by atoms with E-state index in [-0.39, 0.29) is 23.1 Å². The fraction of sp³-hybridized carbons (Fsp3) is 0.414. The monoisotopic (exact) mass is 585 g/mol. The van der Waals surface area contributed by atoms with Crippen LogP contribution >= 0.6 is 0 Å². The average molecular weight is 586 g/mol. The van der Waals surface area contributed by atoms with Crippen LogP contribution in [-0.2, 0) is 14.8 Å². The van der Waals surface area contributed by atoms with Crippen molar-refractivity contribution in [2.24, 2.45) is 5.92 Å². The van der Waals surface area contributed by atoms with Crippen LogP contribution in [0.3, 0.4) is 0 Å². The van der Waals surface area contributed by atoms with Crippen molar-refractivity contribution in [1.29, 1.82) is 0 Å². The Morgan fingerprint density at radius 2 is 1.88 bits per heavy atom. The second-order valence-corrected chi connectivity index (χ2v) is 13.4. The number of pyridine rings is 2. The van der Waals surface area contributed by atoms with Gasteiger partial charge in [0.15, 0.2) is 5.03 Å². The zero-order valence-electron chi connectivity index (χ0n) is 24.1. The molecule has 3 N–H and O–H groups in total. The molecule has 0 unspecified atom stereocenters. The van der Waals surface area contributed by atoms with Gasteiger partial charge in [-0.2, -0.15) is 8.42 Å². The number of ether oxygens (including phenoxy) is 2. The SMILES string of the molecule is CC(C)COc1cc(F)cc(-c2ccc(C(=O)NS(=O)(=O)c3cccc(N)n3)c(N3CC(C)(C)OCC3(C)C)n2)c1. The number of nitrogen functional groups attached to an aromatic ring is 1. The summed E-state index contributed by atoms with van der Waals surface area (Å²) in [4.78, 5) is 24.1. The number of hydrogen-bond acceptors (Lipinski definition) is 9. The van der Waals surface area contributed by atoms with Gasteiger partial charge in [0.2, 0.25) is 0 Å². The number of carbonyl (C=O) groups excluding carboxylic acids is 1. The summed E-state index contributed by atoms with van der Waals surface area (Å²) in [6.07, 6.45) is 0. The van der Waals surface area contributed by atoms with E-state index in [4.69, 9.17) is 20.2 Å². The summed E-state index contributed by atoms with van der Waals surface area (Å²) >= 11 is 0. The van der Waals surface area contributed by atoms with Crippen molar-refractivity contribution in [2.75, 3.05) is 30.4 Å². The summed E-state index contributed by atoms with van der Waals surface area (Å²) in [7, 11) is -4.34. The number of aromatic nitrogens is 2. The third-order valence-corrected chi connectivity index (χ3v) is 7.69. The third kappa shape index (κ3) is 7.12. The van der Waals surface area contributed by atoms with E-state index in [1.165, 1.54) is 36.4 Å². The Hall–Kier alpha value is -3.77. The summed E-state index contributed by atoms with van der Waals surface area (Å²) in [6.45, 7) is 12.8. The van der Waals surface area contributed by atoms with Gasteiger partial charge in [0.05, 0.1) is 35.6 Å². The van der Waals surface area contributed by atoms with Crippen molar-refractivity contribution in [2.45, 2.75) is 57.7 Å². The number of nitrogens with two attached hydrogens (primary N) is 1. The van der Waals surface area contributed by atoms with Gasteiger partial charge in [-0.05, 0) is 70.0 Å². The molecule has 220 valence electrons. The number of rotatable bonds is 8. The van der Waals surface area contributed by atoms with Crippen molar-refractivity contribution in [1.82, 2.24) is 14.7 Å². The minimum atomic E-state index is -4.34. The molecular weight excluding hydrogens is 549 g/mol. The first-order valence-corrected chi connectivity index (χ1v) is 14.7. The molecule has 4 rings (SSSR count). The predicted octanol–water partition coefficient (Wildman–Crippen LogP) is 4.41. The molecule has 1 aliphatic rings. The highest BCUT2D eigenvalue weighted by Crippen LogP contribution is 2.36. The lowest BCUT2D eigenvalue weighted by Gasteiger charge is -2.49. The number of amides is 1. The molecule has 12 heteroatoms. The molecule has 1 saturated heterocycles. The van der Waals surface area contributed by atoms with Gasteiger partial charge in [0, 0.05) is 18.2 Å². The predicted molar refractivity (Wildman–Crippen MR) is 155 cm³/mol. The number of nitrogens with one attached hydrogen (secondary N) is 1. The van der Waals surface area contributed by atoms with Gasteiger partial charge in [0.1, 0.15) is 23.2 Å². The summed E-state index contributed by atoms with van der Waals surface area (Å²) < 4.78 is 54.5. The summed E-state index contributed by atoms with van der Waals surface area (Å²) in [5.41, 5.74) is 5.28. The fourth-order valence-corrected chi connectivity index (χ4v) is 5.25. The third-order valence-electron chi connectivity index (χ3n) is 6.46. The molecule has 2 aromatic heterocycles. The number of benzene rings is 1. The van der Waals surface area contributed by atoms with E-state index in [1.807, 2.05) is 46.4 Å². The van der Waals surface area contributed by atoms with Crippen LogP contribution in [0.4, 0.5) is 16.0 Å². The minimum absolute atomic E-state index is 0.00355. The molecule has 0 spiro atoms. The molecule has 41 heavy (non-hydrogen) atoms. The maximum absolute atomic E-state index is 14.6. The Kier molecular flexibility index (Phi) is 8.28. The molecule has 0 atom stereocenters. The molecule has 1 aromatic carbocycles. The number of nitrogens with zero attached hydrogens (tertiary/aromatic N) is 3. The van der Waals surface area contributed by atoms with E-state index in [0.29, 0.717) is 36.8 Å². The van der Waals surface area contributed by atoms with Crippen molar-refractivity contribution >= 4 is 27.6 Å². The normalized spacial score (nSPS) is 16.4. The lowest BCUT2D eigenvalue weighted by Crippen LogP contribution is -2.60. The average Bonchev–Trinajstić information content (AvgIpc) is 2.88. The Bertz CT molecular complexity index is 1560. The van der Waals surface area contributed by atoms with Crippen LogP contribution in [0.15, 0.2) is 53.6 Å². The summed E-state index contributed by atoms with van der Waals surface area (Å²) in [5.74, 6) is -0.576. The van der Waals surface area contributed by atoms with Crippen LogP contribution in [0.25, 0.3) is 11.3 Å². The van der Waals surface area contributed by atoms with Gasteiger partial charge in [-0.1, -0.05) is 19.9 Å². The first-order valence-electron chi connectivity index (χ1n) is 13.2. The Morgan fingerprint density at radius 1 is 1.15 bits per heavy atom. The Labute approximate surface area is 240 Å². The molecular formula is C29H36FN5O5S. The highest BCUT2D eigenvalue weighted by molar-refractivity contribution is 7.90. The van der Waals surface area contributed by atoms with Crippen LogP contribution in [0.2, 0.25) is 0 Å². The van der Waals surface area contributed by atoms with Crippen LogP contribution in [0.5, 0.6) is 5.75 Å². The topological polar surface area (TPSA) is 137 Å². The molecule has 1 amide bonds. The van der Waals surface area contributed by atoms with Gasteiger partial charge in [-0.15, -0.1) is 0 Å². The smallest absolute Gasteiger partial charge is 0.281 e. The molecule has 3 heterocycles. The molecule has 10 nitrogen and oxygen atoms in total. The lowest BCUT2D eigenvalue weighted by atomic mass is 9.95. The zero-order valence-corrected chi connectivity index (χ0v) is 24.9. The van der Waals surface area contributed by atoms with Crippen LogP contribution in [-0.4, -0.2) is 55.2 Å². The number of morpholine rings is 1. The minimum Gasteiger partial charge on any atom is -0.493 e.